The summed E-state index contributed by atoms with van der Waals surface area (Å²) in [6, 6.07) is 0. The molecule has 0 saturated heterocycles. The number of hydrogen-bond donors (Lipinski definition) is 2. The lowest BCUT2D eigenvalue weighted by Crippen LogP contribution is -2.07. The Balaban J connectivity index is 0. The first-order chi connectivity index (χ1) is 21.1. The van der Waals surface area contributed by atoms with E-state index in [0.29, 0.717) is 12.8 Å². The molecule has 43 heavy (non-hydrogen) atoms. The van der Waals surface area contributed by atoms with E-state index >= 15 is 0 Å². The van der Waals surface area contributed by atoms with E-state index < -0.39 is 5.97 Å². The molecule has 0 heterocycles. The quantitative estimate of drug-likeness (QED) is 0.0438. The molecule has 0 aromatic heterocycles. The number of carboxylic acid groups (broad SMARTS) is 1. The van der Waals surface area contributed by atoms with E-state index in [1.165, 1.54) is 154 Å². The van der Waals surface area contributed by atoms with Gasteiger partial charge in [0.25, 0.3) is 0 Å². The molecular formula is C38H74O5. The molecule has 0 aliphatic rings. The standard InChI is InChI=1S/C20H38O3.C18H36O2/c1-2-3-4-5-6-7-8-9-10-11-12-13-14-15-16-17-20(22)23-19-18-21;1-2-3-4-5-6-7-8-9-10-11-12-13-14-15-16-17-18(19)20/h9-10,21H,2-8,11-19H2,1H3;2-17H2,1H3,(H,19,20)/b10-9-;. The number of hydrogen-bond acceptors (Lipinski definition) is 4. The zero-order valence-corrected chi connectivity index (χ0v) is 28.9. The highest BCUT2D eigenvalue weighted by molar-refractivity contribution is 5.69. The molecular weight excluding hydrogens is 536 g/mol. The molecule has 256 valence electrons. The summed E-state index contributed by atoms with van der Waals surface area (Å²) in [6.45, 7) is 4.57. The van der Waals surface area contributed by atoms with Crippen molar-refractivity contribution in [2.24, 2.45) is 0 Å². The average Bonchev–Trinajstić information content (AvgIpc) is 3.00. The predicted molar refractivity (Wildman–Crippen MR) is 185 cm³/mol. The van der Waals surface area contributed by atoms with Crippen LogP contribution >= 0.6 is 0 Å². The molecule has 0 saturated carbocycles. The van der Waals surface area contributed by atoms with Crippen LogP contribution in [0.5, 0.6) is 0 Å². The molecule has 0 aliphatic carbocycles. The van der Waals surface area contributed by atoms with Crippen molar-refractivity contribution in [3.05, 3.63) is 12.2 Å². The number of carbonyl (C=O) groups is 2. The lowest BCUT2D eigenvalue weighted by Gasteiger charge is -2.03. The molecule has 2 N–H and O–H groups in total. The zero-order valence-electron chi connectivity index (χ0n) is 28.9. The highest BCUT2D eigenvalue weighted by atomic mass is 16.5. The molecule has 0 unspecified atom stereocenters. The second-order valence-electron chi connectivity index (χ2n) is 12.4. The normalized spacial score (nSPS) is 11.0. The fourth-order valence-electron chi connectivity index (χ4n) is 5.22. The summed E-state index contributed by atoms with van der Waals surface area (Å²) < 4.78 is 4.81. The van der Waals surface area contributed by atoms with Gasteiger partial charge in [-0.05, 0) is 38.5 Å². The van der Waals surface area contributed by atoms with Crippen molar-refractivity contribution in [2.75, 3.05) is 13.2 Å². The molecule has 0 aromatic carbocycles. The Kier molecular flexibility index (Phi) is 41.4. The smallest absolute Gasteiger partial charge is 0.305 e. The van der Waals surface area contributed by atoms with Gasteiger partial charge in [0.05, 0.1) is 6.61 Å². The van der Waals surface area contributed by atoms with Crippen LogP contribution in [0.25, 0.3) is 0 Å². The Hall–Kier alpha value is -1.36. The number of esters is 1. The van der Waals surface area contributed by atoms with Gasteiger partial charge in [-0.1, -0.05) is 167 Å². The predicted octanol–water partition coefficient (Wildman–Crippen LogP) is 11.9. The molecule has 5 nitrogen and oxygen atoms in total. The average molecular weight is 611 g/mol. The van der Waals surface area contributed by atoms with Crippen LogP contribution < -0.4 is 0 Å². The van der Waals surface area contributed by atoms with Crippen molar-refractivity contribution >= 4 is 11.9 Å². The number of aliphatic hydroxyl groups excluding tert-OH is 1. The van der Waals surface area contributed by atoms with Crippen LogP contribution in [0.4, 0.5) is 0 Å². The Morgan fingerprint density at radius 3 is 1.16 bits per heavy atom. The molecule has 0 aromatic rings. The first-order valence-corrected chi connectivity index (χ1v) is 18.7. The van der Waals surface area contributed by atoms with Crippen LogP contribution in [0.3, 0.4) is 0 Å². The van der Waals surface area contributed by atoms with Gasteiger partial charge < -0.3 is 14.9 Å². The summed E-state index contributed by atoms with van der Waals surface area (Å²) >= 11 is 0. The van der Waals surface area contributed by atoms with Crippen LogP contribution in [0.2, 0.25) is 0 Å². The second kappa shape index (κ2) is 40.6. The van der Waals surface area contributed by atoms with Gasteiger partial charge in [0.2, 0.25) is 0 Å². The summed E-state index contributed by atoms with van der Waals surface area (Å²) in [5, 5.41) is 17.1. The number of rotatable bonds is 33. The number of aliphatic hydroxyl groups is 1. The molecule has 0 bridgehead atoms. The maximum absolute atomic E-state index is 11.2. The Morgan fingerprint density at radius 1 is 0.488 bits per heavy atom. The fourth-order valence-corrected chi connectivity index (χ4v) is 5.22. The van der Waals surface area contributed by atoms with Gasteiger partial charge in [-0.15, -0.1) is 0 Å². The van der Waals surface area contributed by atoms with Gasteiger partial charge in [0, 0.05) is 12.8 Å². The minimum Gasteiger partial charge on any atom is -0.481 e. The van der Waals surface area contributed by atoms with E-state index in [1.54, 1.807) is 0 Å². The number of aliphatic carboxylic acids is 1. The Bertz CT molecular complexity index is 575. The molecule has 0 spiro atoms. The van der Waals surface area contributed by atoms with E-state index in [2.05, 4.69) is 26.0 Å². The van der Waals surface area contributed by atoms with Gasteiger partial charge in [0.1, 0.15) is 6.61 Å². The molecule has 0 atom stereocenters. The largest absolute Gasteiger partial charge is 0.481 e. The lowest BCUT2D eigenvalue weighted by molar-refractivity contribution is -0.144. The summed E-state index contributed by atoms with van der Waals surface area (Å²) in [4.78, 5) is 21.5. The first-order valence-electron chi connectivity index (χ1n) is 18.7. The maximum Gasteiger partial charge on any atom is 0.305 e. The van der Waals surface area contributed by atoms with Crippen LogP contribution in [-0.2, 0) is 14.3 Å². The SMILES string of the molecule is CCCCCCCC/C=C\CCCCCCCC(=O)OCCO.CCCCCCCCCCCCCCCCCC(=O)O. The number of allylic oxidation sites excluding steroid dienone is 2. The van der Waals surface area contributed by atoms with Crippen molar-refractivity contribution in [1.29, 1.82) is 0 Å². The van der Waals surface area contributed by atoms with Crippen molar-refractivity contribution in [1.82, 2.24) is 0 Å². The van der Waals surface area contributed by atoms with E-state index in [0.717, 1.165) is 25.7 Å². The summed E-state index contributed by atoms with van der Waals surface area (Å²) in [6.07, 6.45) is 41.7. The van der Waals surface area contributed by atoms with Crippen molar-refractivity contribution in [3.63, 3.8) is 0 Å². The third kappa shape index (κ3) is 45.2. The van der Waals surface area contributed by atoms with Crippen molar-refractivity contribution in [2.45, 2.75) is 206 Å². The summed E-state index contributed by atoms with van der Waals surface area (Å²) in [7, 11) is 0. The topological polar surface area (TPSA) is 83.8 Å². The minimum absolute atomic E-state index is 0.0852. The summed E-state index contributed by atoms with van der Waals surface area (Å²) in [5.41, 5.74) is 0. The van der Waals surface area contributed by atoms with Crippen LogP contribution in [0, 0.1) is 0 Å². The first kappa shape index (κ1) is 43.8. The van der Waals surface area contributed by atoms with Crippen LogP contribution in [0.1, 0.15) is 206 Å². The van der Waals surface area contributed by atoms with E-state index in [1.807, 2.05) is 0 Å². The van der Waals surface area contributed by atoms with Gasteiger partial charge in [-0.2, -0.15) is 0 Å². The third-order valence-corrected chi connectivity index (χ3v) is 7.99. The number of ether oxygens (including phenoxy) is 1. The van der Waals surface area contributed by atoms with Crippen molar-refractivity contribution < 1.29 is 24.5 Å². The fraction of sp³-hybridized carbons (Fsp3) is 0.895. The number of carboxylic acids is 1. The molecule has 0 amide bonds. The molecule has 0 radical (unpaired) electrons. The Morgan fingerprint density at radius 2 is 0.814 bits per heavy atom. The van der Waals surface area contributed by atoms with Crippen LogP contribution in [-0.4, -0.2) is 35.4 Å². The van der Waals surface area contributed by atoms with E-state index in [-0.39, 0.29) is 19.2 Å². The zero-order chi connectivity index (χ0) is 31.9. The molecule has 0 fully saturated rings. The van der Waals surface area contributed by atoms with Gasteiger partial charge in [0.15, 0.2) is 0 Å². The van der Waals surface area contributed by atoms with Gasteiger partial charge >= 0.3 is 11.9 Å². The second-order valence-corrected chi connectivity index (χ2v) is 12.4. The number of carbonyl (C=O) groups excluding carboxylic acids is 1. The van der Waals surface area contributed by atoms with E-state index in [9.17, 15) is 9.59 Å². The highest BCUT2D eigenvalue weighted by Crippen LogP contribution is 2.14. The minimum atomic E-state index is -0.653. The lowest BCUT2D eigenvalue weighted by atomic mass is 10.0. The van der Waals surface area contributed by atoms with Crippen molar-refractivity contribution in [3.8, 4) is 0 Å². The van der Waals surface area contributed by atoms with Gasteiger partial charge in [-0.25, -0.2) is 0 Å². The third-order valence-electron chi connectivity index (χ3n) is 7.99. The van der Waals surface area contributed by atoms with E-state index in [4.69, 9.17) is 14.9 Å². The molecule has 0 rings (SSSR count). The Labute approximate surface area is 268 Å². The monoisotopic (exact) mass is 611 g/mol. The highest BCUT2D eigenvalue weighted by Gasteiger charge is 2.01. The molecule has 0 aliphatic heterocycles. The number of unbranched alkanes of at least 4 members (excludes halogenated alkanes) is 25. The molecule has 5 heteroatoms. The summed E-state index contributed by atoms with van der Waals surface area (Å²) in [5.74, 6) is -0.837. The van der Waals surface area contributed by atoms with Gasteiger partial charge in [-0.3, -0.25) is 9.59 Å². The maximum atomic E-state index is 11.2. The van der Waals surface area contributed by atoms with Crippen LogP contribution in [0.15, 0.2) is 12.2 Å².